The molecule has 1 heterocycles. The maximum absolute atomic E-state index is 12.2. The lowest BCUT2D eigenvalue weighted by Crippen LogP contribution is -2.61. The summed E-state index contributed by atoms with van der Waals surface area (Å²) in [7, 11) is 0. The highest BCUT2D eigenvalue weighted by molar-refractivity contribution is 5.70. The number of ether oxygens (including phenoxy) is 6. The van der Waals surface area contributed by atoms with Crippen LogP contribution in [-0.2, 0) is 53.0 Å². The van der Waals surface area contributed by atoms with Crippen molar-refractivity contribution in [3.63, 3.8) is 0 Å². The minimum absolute atomic E-state index is 0.0686. The van der Waals surface area contributed by atoms with Crippen LogP contribution in [-0.4, -0.2) is 61.6 Å². The first-order valence-electron chi connectivity index (χ1n) is 13.3. The van der Waals surface area contributed by atoms with E-state index < -0.39 is 36.7 Å². The van der Waals surface area contributed by atoms with Crippen molar-refractivity contribution in [2.45, 2.75) is 50.5 Å². The van der Waals surface area contributed by atoms with Crippen molar-refractivity contribution in [1.82, 2.24) is 0 Å². The quantitative estimate of drug-likeness (QED) is 0.223. The maximum Gasteiger partial charge on any atom is 0.332 e. The topological polar surface area (TPSA) is 92.7 Å². The molecule has 0 radical (unpaired) electrons. The summed E-state index contributed by atoms with van der Waals surface area (Å²) >= 11 is 0. The minimum Gasteiger partial charge on any atom is -0.460 e. The fraction of sp³-hybridized carbons (Fsp3) is 0.344. The smallest absolute Gasteiger partial charge is 0.332 e. The molecule has 1 fully saturated rings. The van der Waals surface area contributed by atoms with Gasteiger partial charge < -0.3 is 33.5 Å². The fourth-order valence-corrected chi connectivity index (χ4v) is 4.37. The van der Waals surface area contributed by atoms with E-state index >= 15 is 0 Å². The average Bonchev–Trinajstić information content (AvgIpc) is 3.01. The number of esters is 1. The van der Waals surface area contributed by atoms with Crippen LogP contribution in [0.4, 0.5) is 0 Å². The molecule has 1 N–H and O–H groups in total. The first kappa shape index (κ1) is 29.6. The Morgan fingerprint density at radius 3 is 1.68 bits per heavy atom. The van der Waals surface area contributed by atoms with Gasteiger partial charge in [-0.3, -0.25) is 0 Å². The average molecular weight is 549 g/mol. The third kappa shape index (κ3) is 8.82. The number of carbonyl (C=O) groups excluding carboxylic acids is 1. The predicted octanol–water partition coefficient (Wildman–Crippen LogP) is 4.21. The Kier molecular flexibility index (Phi) is 11.9. The molecule has 8 nitrogen and oxygen atoms in total. The second-order valence-electron chi connectivity index (χ2n) is 9.29. The van der Waals surface area contributed by atoms with Gasteiger partial charge in [-0.15, -0.1) is 0 Å². The monoisotopic (exact) mass is 548 g/mol. The summed E-state index contributed by atoms with van der Waals surface area (Å²) in [5.41, 5.74) is 2.87. The van der Waals surface area contributed by atoms with Crippen molar-refractivity contribution < 1.29 is 38.3 Å². The standard InChI is InChI=1S/C32H36O8/c1-2-18-35-28(34)23-39-32-31(38-22-26-16-10-5-11-17-26)30(37-21-25-14-8-4-9-15-25)29(27(19-33)40-32)36-20-24-12-6-3-7-13-24/h2-17,27,29-33H,1,18-23H2/t27-,29-,30+,31+,32+/m1/s1. The summed E-state index contributed by atoms with van der Waals surface area (Å²) in [6.07, 6.45) is -2.54. The van der Waals surface area contributed by atoms with Crippen LogP contribution in [0.5, 0.6) is 0 Å². The molecule has 212 valence electrons. The van der Waals surface area contributed by atoms with Gasteiger partial charge >= 0.3 is 5.97 Å². The van der Waals surface area contributed by atoms with Gasteiger partial charge in [-0.05, 0) is 16.7 Å². The van der Waals surface area contributed by atoms with E-state index in [-0.39, 0.29) is 39.6 Å². The number of hydrogen-bond donors (Lipinski definition) is 1. The Morgan fingerprint density at radius 1 is 0.725 bits per heavy atom. The Morgan fingerprint density at radius 2 is 1.20 bits per heavy atom. The summed E-state index contributed by atoms with van der Waals surface area (Å²) < 4.78 is 36.2. The second kappa shape index (κ2) is 16.0. The zero-order chi connectivity index (χ0) is 28.0. The highest BCUT2D eigenvalue weighted by atomic mass is 16.7. The lowest BCUT2D eigenvalue weighted by molar-refractivity contribution is -0.325. The van der Waals surface area contributed by atoms with E-state index in [9.17, 15) is 9.90 Å². The van der Waals surface area contributed by atoms with Crippen LogP contribution in [0.2, 0.25) is 0 Å². The number of carbonyl (C=O) groups is 1. The van der Waals surface area contributed by atoms with Gasteiger partial charge in [-0.25, -0.2) is 4.79 Å². The maximum atomic E-state index is 12.2. The first-order chi connectivity index (χ1) is 19.7. The van der Waals surface area contributed by atoms with E-state index in [2.05, 4.69) is 6.58 Å². The molecule has 4 rings (SSSR count). The van der Waals surface area contributed by atoms with E-state index in [1.54, 1.807) is 0 Å². The number of aliphatic hydroxyl groups is 1. The van der Waals surface area contributed by atoms with Gasteiger partial charge in [0.1, 0.15) is 37.6 Å². The van der Waals surface area contributed by atoms with Crippen LogP contribution in [0.3, 0.4) is 0 Å². The normalized spacial score (nSPS) is 22.5. The molecule has 1 aliphatic rings. The molecule has 8 heteroatoms. The summed E-state index contributed by atoms with van der Waals surface area (Å²) in [5, 5.41) is 10.3. The molecule has 40 heavy (non-hydrogen) atoms. The Labute approximate surface area is 235 Å². The van der Waals surface area contributed by atoms with Crippen LogP contribution in [0.25, 0.3) is 0 Å². The van der Waals surface area contributed by atoms with Gasteiger partial charge in [0.2, 0.25) is 0 Å². The first-order valence-corrected chi connectivity index (χ1v) is 13.3. The van der Waals surface area contributed by atoms with Gasteiger partial charge in [-0.2, -0.15) is 0 Å². The Hall–Kier alpha value is -3.37. The SMILES string of the molecule is C=CCOC(=O)CO[C@H]1O[C@H](CO)[C@@H](OCc2ccccc2)[C@H](OCc2ccccc2)[C@@H]1OCc1ccccc1. The van der Waals surface area contributed by atoms with Gasteiger partial charge in [0.05, 0.1) is 26.4 Å². The molecule has 3 aromatic carbocycles. The van der Waals surface area contributed by atoms with E-state index in [1.165, 1.54) is 6.08 Å². The molecule has 0 aliphatic carbocycles. The number of aliphatic hydroxyl groups excluding tert-OH is 1. The molecular weight excluding hydrogens is 512 g/mol. The van der Waals surface area contributed by atoms with Gasteiger partial charge in [0.25, 0.3) is 0 Å². The highest BCUT2D eigenvalue weighted by Gasteiger charge is 2.49. The molecule has 1 aliphatic heterocycles. The Balaban J connectivity index is 1.59. The molecule has 3 aromatic rings. The van der Waals surface area contributed by atoms with Crippen LogP contribution in [0.1, 0.15) is 16.7 Å². The van der Waals surface area contributed by atoms with Crippen LogP contribution >= 0.6 is 0 Å². The van der Waals surface area contributed by atoms with Crippen molar-refractivity contribution >= 4 is 5.97 Å². The predicted molar refractivity (Wildman–Crippen MR) is 148 cm³/mol. The van der Waals surface area contributed by atoms with E-state index in [0.717, 1.165) is 16.7 Å². The molecule has 0 spiro atoms. The number of benzene rings is 3. The van der Waals surface area contributed by atoms with Crippen molar-refractivity contribution in [1.29, 1.82) is 0 Å². The molecule has 5 atom stereocenters. The van der Waals surface area contributed by atoms with Gasteiger partial charge in [-0.1, -0.05) is 104 Å². The highest BCUT2D eigenvalue weighted by Crippen LogP contribution is 2.31. The summed E-state index contributed by atoms with van der Waals surface area (Å²) in [6, 6.07) is 29.1. The third-order valence-electron chi connectivity index (χ3n) is 6.35. The minimum atomic E-state index is -1.03. The van der Waals surface area contributed by atoms with Crippen LogP contribution < -0.4 is 0 Å². The molecular formula is C32H36O8. The summed E-state index contributed by atoms with van der Waals surface area (Å²) in [4.78, 5) is 12.2. The Bertz CT molecular complexity index is 1140. The molecule has 0 saturated carbocycles. The molecule has 0 aromatic heterocycles. The summed E-state index contributed by atoms with van der Waals surface area (Å²) in [6.45, 7) is 3.69. The van der Waals surface area contributed by atoms with Gasteiger partial charge in [0, 0.05) is 0 Å². The van der Waals surface area contributed by atoms with E-state index in [1.807, 2.05) is 91.0 Å². The van der Waals surface area contributed by atoms with Crippen molar-refractivity contribution in [2.24, 2.45) is 0 Å². The molecule has 0 bridgehead atoms. The van der Waals surface area contributed by atoms with Crippen molar-refractivity contribution in [2.75, 3.05) is 19.8 Å². The molecule has 0 unspecified atom stereocenters. The summed E-state index contributed by atoms with van der Waals surface area (Å²) in [5.74, 6) is -0.574. The van der Waals surface area contributed by atoms with E-state index in [0.29, 0.717) is 0 Å². The largest absolute Gasteiger partial charge is 0.460 e. The molecule has 0 amide bonds. The number of hydrogen-bond acceptors (Lipinski definition) is 8. The lowest BCUT2D eigenvalue weighted by Gasteiger charge is -2.45. The number of rotatable bonds is 15. The van der Waals surface area contributed by atoms with Gasteiger partial charge in [0.15, 0.2) is 6.29 Å². The third-order valence-corrected chi connectivity index (χ3v) is 6.35. The van der Waals surface area contributed by atoms with Crippen molar-refractivity contribution in [3.8, 4) is 0 Å². The van der Waals surface area contributed by atoms with Crippen LogP contribution in [0.15, 0.2) is 104 Å². The fourth-order valence-electron chi connectivity index (χ4n) is 4.37. The van der Waals surface area contributed by atoms with E-state index in [4.69, 9.17) is 28.4 Å². The molecule has 1 saturated heterocycles. The van der Waals surface area contributed by atoms with Crippen molar-refractivity contribution in [3.05, 3.63) is 120 Å². The zero-order valence-electron chi connectivity index (χ0n) is 22.4. The van der Waals surface area contributed by atoms with Crippen LogP contribution in [0, 0.1) is 0 Å². The zero-order valence-corrected chi connectivity index (χ0v) is 22.4. The second-order valence-corrected chi connectivity index (χ2v) is 9.29. The lowest BCUT2D eigenvalue weighted by atomic mass is 9.98.